The molecule has 2 aromatic carbocycles. The zero-order valence-electron chi connectivity index (χ0n) is 11.5. The maximum atomic E-state index is 6.37. The number of hydrogen-bond acceptors (Lipinski definition) is 4. The highest BCUT2D eigenvalue weighted by Crippen LogP contribution is 2.35. The molecule has 0 spiro atoms. The molecule has 3 rings (SSSR count). The molecule has 0 fully saturated rings. The number of benzene rings is 2. The van der Waals surface area contributed by atoms with Crippen LogP contribution in [0.5, 0.6) is 0 Å². The van der Waals surface area contributed by atoms with Gasteiger partial charge in [0.05, 0.1) is 10.5 Å². The molecule has 0 aliphatic rings. The van der Waals surface area contributed by atoms with Gasteiger partial charge in [-0.15, -0.1) is 0 Å². The molecule has 5 heteroatoms. The zero-order valence-corrected chi connectivity index (χ0v) is 13.1. The normalized spacial score (nSPS) is 11.0. The summed E-state index contributed by atoms with van der Waals surface area (Å²) in [6.45, 7) is 0.807. The van der Waals surface area contributed by atoms with E-state index in [-0.39, 0.29) is 0 Å². The van der Waals surface area contributed by atoms with Crippen molar-refractivity contribution in [1.29, 1.82) is 0 Å². The first-order chi connectivity index (χ1) is 10.3. The molecule has 106 valence electrons. The fourth-order valence-electron chi connectivity index (χ4n) is 2.11. The van der Waals surface area contributed by atoms with Crippen molar-refractivity contribution in [1.82, 2.24) is 15.3 Å². The number of para-hydroxylation sites is 1. The molecule has 3 nitrogen and oxygen atoms in total. The molecule has 1 aromatic heterocycles. The van der Waals surface area contributed by atoms with Crippen LogP contribution in [-0.4, -0.2) is 17.0 Å². The van der Waals surface area contributed by atoms with Gasteiger partial charge in [0, 0.05) is 16.8 Å². The SMILES string of the molecule is CNCc1ccc(Sc2ncnc3ccccc23)c(Cl)c1. The lowest BCUT2D eigenvalue weighted by atomic mass is 10.2. The predicted octanol–water partition coefficient (Wildman–Crippen LogP) is 4.15. The number of fused-ring (bicyclic) bond motifs is 1. The number of rotatable bonds is 4. The third-order valence-electron chi connectivity index (χ3n) is 3.09. The first kappa shape index (κ1) is 14.3. The smallest absolute Gasteiger partial charge is 0.117 e. The molecule has 21 heavy (non-hydrogen) atoms. The minimum absolute atomic E-state index is 0.746. The molecule has 0 atom stereocenters. The van der Waals surface area contributed by atoms with Gasteiger partial charge in [-0.3, -0.25) is 0 Å². The van der Waals surface area contributed by atoms with Gasteiger partial charge < -0.3 is 5.32 Å². The van der Waals surface area contributed by atoms with E-state index < -0.39 is 0 Å². The van der Waals surface area contributed by atoms with Gasteiger partial charge >= 0.3 is 0 Å². The second-order valence-electron chi connectivity index (χ2n) is 4.59. The lowest BCUT2D eigenvalue weighted by Crippen LogP contribution is -2.04. The monoisotopic (exact) mass is 315 g/mol. The van der Waals surface area contributed by atoms with E-state index in [1.165, 1.54) is 5.56 Å². The second-order valence-corrected chi connectivity index (χ2v) is 6.03. The molecule has 0 radical (unpaired) electrons. The topological polar surface area (TPSA) is 37.8 Å². The molecule has 1 heterocycles. The van der Waals surface area contributed by atoms with Crippen molar-refractivity contribution in [3.8, 4) is 0 Å². The summed E-state index contributed by atoms with van der Waals surface area (Å²) in [5.74, 6) is 0. The van der Waals surface area contributed by atoms with Gasteiger partial charge in [-0.1, -0.05) is 47.6 Å². The zero-order chi connectivity index (χ0) is 14.7. The van der Waals surface area contributed by atoms with E-state index in [1.54, 1.807) is 18.1 Å². The van der Waals surface area contributed by atoms with E-state index in [9.17, 15) is 0 Å². The first-order valence-electron chi connectivity index (χ1n) is 6.58. The third kappa shape index (κ3) is 3.18. The van der Waals surface area contributed by atoms with Gasteiger partial charge in [0.2, 0.25) is 0 Å². The number of aromatic nitrogens is 2. The first-order valence-corrected chi connectivity index (χ1v) is 7.78. The van der Waals surface area contributed by atoms with Crippen LogP contribution in [0.1, 0.15) is 5.56 Å². The number of nitrogens with zero attached hydrogens (tertiary/aromatic N) is 2. The van der Waals surface area contributed by atoms with Crippen molar-refractivity contribution in [2.45, 2.75) is 16.5 Å². The van der Waals surface area contributed by atoms with Crippen LogP contribution < -0.4 is 5.32 Å². The molecular formula is C16H14ClN3S. The molecule has 3 aromatic rings. The van der Waals surface area contributed by atoms with Crippen molar-refractivity contribution in [2.75, 3.05) is 7.05 Å². The van der Waals surface area contributed by atoms with Crippen LogP contribution in [0.4, 0.5) is 0 Å². The Balaban J connectivity index is 1.95. The summed E-state index contributed by atoms with van der Waals surface area (Å²) in [4.78, 5) is 9.66. The minimum atomic E-state index is 0.746. The Morgan fingerprint density at radius 1 is 1.14 bits per heavy atom. The Labute approximate surface area is 132 Å². The summed E-state index contributed by atoms with van der Waals surface area (Å²) in [6, 6.07) is 14.1. The molecule has 0 aliphatic carbocycles. The van der Waals surface area contributed by atoms with Crippen LogP contribution in [-0.2, 0) is 6.54 Å². The predicted molar refractivity (Wildman–Crippen MR) is 87.9 cm³/mol. The average molecular weight is 316 g/mol. The standard InChI is InChI=1S/C16H14ClN3S/c1-18-9-11-6-7-15(13(17)8-11)21-16-12-4-2-3-5-14(12)19-10-20-16/h2-8,10,18H,9H2,1H3. The number of halogens is 1. The Kier molecular flexibility index (Phi) is 4.39. The fraction of sp³-hybridized carbons (Fsp3) is 0.125. The van der Waals surface area contributed by atoms with Crippen LogP contribution >= 0.6 is 23.4 Å². The Bertz CT molecular complexity index is 771. The van der Waals surface area contributed by atoms with E-state index in [2.05, 4.69) is 21.4 Å². The van der Waals surface area contributed by atoms with Gasteiger partial charge in [0.1, 0.15) is 11.4 Å². The minimum Gasteiger partial charge on any atom is -0.316 e. The molecule has 0 aliphatic heterocycles. The largest absolute Gasteiger partial charge is 0.316 e. The van der Waals surface area contributed by atoms with Gasteiger partial charge in [-0.25, -0.2) is 9.97 Å². The second kappa shape index (κ2) is 6.43. The fourth-order valence-corrected chi connectivity index (χ4v) is 3.31. The number of nitrogens with one attached hydrogen (secondary N) is 1. The van der Waals surface area contributed by atoms with E-state index in [0.717, 1.165) is 32.4 Å². The maximum absolute atomic E-state index is 6.37. The Hall–Kier alpha value is -1.62. The van der Waals surface area contributed by atoms with Crippen molar-refractivity contribution < 1.29 is 0 Å². The Morgan fingerprint density at radius 2 is 2.00 bits per heavy atom. The molecule has 1 N–H and O–H groups in total. The van der Waals surface area contributed by atoms with Gasteiger partial charge in [0.15, 0.2) is 0 Å². The van der Waals surface area contributed by atoms with E-state index in [0.29, 0.717) is 0 Å². The summed E-state index contributed by atoms with van der Waals surface area (Å²) in [7, 11) is 1.92. The molecule has 0 bridgehead atoms. The third-order valence-corrected chi connectivity index (χ3v) is 4.61. The highest BCUT2D eigenvalue weighted by Gasteiger charge is 2.08. The van der Waals surface area contributed by atoms with Crippen LogP contribution in [0.15, 0.2) is 58.7 Å². The van der Waals surface area contributed by atoms with Gasteiger partial charge in [-0.05, 0) is 30.8 Å². The van der Waals surface area contributed by atoms with Crippen molar-refractivity contribution in [3.63, 3.8) is 0 Å². The van der Waals surface area contributed by atoms with Crippen molar-refractivity contribution in [2.24, 2.45) is 0 Å². The summed E-state index contributed by atoms with van der Waals surface area (Å²) >= 11 is 7.94. The Morgan fingerprint density at radius 3 is 2.81 bits per heavy atom. The quantitative estimate of drug-likeness (QED) is 0.734. The summed E-state index contributed by atoms with van der Waals surface area (Å²) in [5, 5.41) is 5.83. The van der Waals surface area contributed by atoms with Crippen LogP contribution in [0.2, 0.25) is 5.02 Å². The lowest BCUT2D eigenvalue weighted by Gasteiger charge is -2.08. The molecule has 0 unspecified atom stereocenters. The van der Waals surface area contributed by atoms with Gasteiger partial charge in [0.25, 0.3) is 0 Å². The molecule has 0 saturated heterocycles. The van der Waals surface area contributed by atoms with Crippen LogP contribution in [0, 0.1) is 0 Å². The van der Waals surface area contributed by atoms with Crippen molar-refractivity contribution >= 4 is 34.3 Å². The van der Waals surface area contributed by atoms with Crippen molar-refractivity contribution in [3.05, 3.63) is 59.4 Å². The van der Waals surface area contributed by atoms with Crippen LogP contribution in [0.3, 0.4) is 0 Å². The van der Waals surface area contributed by atoms with E-state index in [1.807, 2.05) is 43.4 Å². The highest BCUT2D eigenvalue weighted by atomic mass is 35.5. The lowest BCUT2D eigenvalue weighted by molar-refractivity contribution is 0.817. The molecular weight excluding hydrogens is 302 g/mol. The maximum Gasteiger partial charge on any atom is 0.117 e. The van der Waals surface area contributed by atoms with E-state index in [4.69, 9.17) is 11.6 Å². The van der Waals surface area contributed by atoms with Gasteiger partial charge in [-0.2, -0.15) is 0 Å². The average Bonchev–Trinajstić information content (AvgIpc) is 2.51. The molecule has 0 saturated carbocycles. The number of hydrogen-bond donors (Lipinski definition) is 1. The summed E-state index contributed by atoms with van der Waals surface area (Å²) in [6.07, 6.45) is 1.59. The molecule has 0 amide bonds. The van der Waals surface area contributed by atoms with Crippen LogP contribution in [0.25, 0.3) is 10.9 Å². The summed E-state index contributed by atoms with van der Waals surface area (Å²) in [5.41, 5.74) is 2.11. The summed E-state index contributed by atoms with van der Waals surface area (Å²) < 4.78 is 0. The highest BCUT2D eigenvalue weighted by molar-refractivity contribution is 7.99. The van der Waals surface area contributed by atoms with E-state index >= 15 is 0 Å².